The molecule has 16 heavy (non-hydrogen) atoms. The number of hydrogen-bond donors (Lipinski definition) is 0. The minimum atomic E-state index is 0. The molecule has 0 unspecified atom stereocenters. The van der Waals surface area contributed by atoms with Crippen molar-refractivity contribution >= 4 is 0 Å². The van der Waals surface area contributed by atoms with Crippen LogP contribution in [0.2, 0.25) is 0 Å². The van der Waals surface area contributed by atoms with Crippen LogP contribution in [0.1, 0.15) is 0 Å². The van der Waals surface area contributed by atoms with Gasteiger partial charge in [0.15, 0.2) is 0 Å². The van der Waals surface area contributed by atoms with Crippen molar-refractivity contribution in [2.24, 2.45) is 0 Å². The molecular weight excluding hydrogens is 260 g/mol. The molecule has 0 aliphatic carbocycles. The fraction of sp³-hybridized carbons (Fsp3) is 0. The highest BCUT2D eigenvalue weighted by Crippen LogP contribution is 0.819. The fourth-order valence-electron chi connectivity index (χ4n) is 0. The maximum absolute atomic E-state index is 8.00. The molecule has 0 bridgehead atoms. The minimum absolute atomic E-state index is 0. The molecule has 0 saturated heterocycles. The fourth-order valence-corrected chi connectivity index (χ4v) is 0. The zero-order chi connectivity index (χ0) is 10.8. The lowest BCUT2D eigenvalue weighted by atomic mass is 13.6. The van der Waals surface area contributed by atoms with E-state index in [1.807, 2.05) is 0 Å². The van der Waals surface area contributed by atoms with Crippen LogP contribution in [0, 0.1) is 39.3 Å². The Hall–Kier alpha value is -3.04. The summed E-state index contributed by atoms with van der Waals surface area (Å²) in [6.07, 6.45) is 0. The second kappa shape index (κ2) is 1560. The van der Waals surface area contributed by atoms with E-state index in [0.717, 1.165) is 20.1 Å². The standard InChI is InChI=1S/4FH.4NO2/c;;;;4*2-1-3/h4*1H;;;;/q;;;;4*+1/p-4. The van der Waals surface area contributed by atoms with Gasteiger partial charge >= 0.3 is 20.1 Å². The first-order valence-corrected chi connectivity index (χ1v) is 1.46. The lowest BCUT2D eigenvalue weighted by molar-refractivity contribution is -0.00100. The van der Waals surface area contributed by atoms with Crippen molar-refractivity contribution in [3.8, 4) is 0 Å². The first kappa shape index (κ1) is 75.4. The molecule has 0 spiro atoms. The molecule has 0 rings (SSSR count). The van der Waals surface area contributed by atoms with Crippen LogP contribution >= 0.6 is 0 Å². The number of hydrogen-bond acceptors (Lipinski definition) is 8. The third-order valence-electron chi connectivity index (χ3n) is 0. The molecule has 12 nitrogen and oxygen atoms in total. The Morgan fingerprint density at radius 2 is 0.312 bits per heavy atom. The van der Waals surface area contributed by atoms with Crippen molar-refractivity contribution in [3.05, 3.63) is 39.3 Å². The van der Waals surface area contributed by atoms with Crippen LogP contribution in [0.15, 0.2) is 0 Å². The summed E-state index contributed by atoms with van der Waals surface area (Å²) in [4.78, 5) is 64.0. The van der Waals surface area contributed by atoms with Gasteiger partial charge in [0.2, 0.25) is 39.3 Å². The van der Waals surface area contributed by atoms with Crippen molar-refractivity contribution in [1.29, 1.82) is 0 Å². The van der Waals surface area contributed by atoms with Crippen LogP contribution in [-0.2, 0) is 0 Å². The normalized spacial score (nSPS) is 2.00. The summed E-state index contributed by atoms with van der Waals surface area (Å²) in [6.45, 7) is 0. The van der Waals surface area contributed by atoms with Crippen molar-refractivity contribution in [3.63, 3.8) is 0 Å². The molecule has 0 amide bonds. The molecule has 0 fully saturated rings. The highest BCUT2D eigenvalue weighted by molar-refractivity contribution is 3.93. The van der Waals surface area contributed by atoms with E-state index in [4.69, 9.17) is 39.3 Å². The molecule has 16 heteroatoms. The van der Waals surface area contributed by atoms with E-state index in [2.05, 4.69) is 0 Å². The summed E-state index contributed by atoms with van der Waals surface area (Å²) in [7, 11) is 0. The monoisotopic (exact) mass is 260 g/mol. The van der Waals surface area contributed by atoms with Crippen molar-refractivity contribution < 1.29 is 18.8 Å². The zero-order valence-electron chi connectivity index (χ0n) is 6.57. The zero-order valence-corrected chi connectivity index (χ0v) is 6.57. The van der Waals surface area contributed by atoms with E-state index in [9.17, 15) is 0 Å². The predicted octanol–water partition coefficient (Wildman–Crippen LogP) is -13.6. The molecule has 0 aromatic rings. The lowest BCUT2D eigenvalue weighted by Gasteiger charge is -1.00. The predicted molar refractivity (Wildman–Crippen MR) is 35.5 cm³/mol. The number of rotatable bonds is 0. The smallest absolute Gasteiger partial charge is 0.569 e. The van der Waals surface area contributed by atoms with Crippen molar-refractivity contribution in [2.75, 3.05) is 0 Å². The molecule has 0 radical (unpaired) electrons. The van der Waals surface area contributed by atoms with E-state index in [0.29, 0.717) is 0 Å². The highest BCUT2D eigenvalue weighted by atomic mass is 19.0. The lowest BCUT2D eigenvalue weighted by Crippen LogP contribution is -3.00. The Balaban J connectivity index is -0.00000000821. The number of halogens is 4. The molecule has 0 heterocycles. The molecule has 0 N–H and O–H groups in total. The Bertz CT molecular complexity index is 156. The summed E-state index contributed by atoms with van der Waals surface area (Å²) in [5.41, 5.74) is 0. The van der Waals surface area contributed by atoms with Crippen molar-refractivity contribution in [2.45, 2.75) is 0 Å². The van der Waals surface area contributed by atoms with Gasteiger partial charge < -0.3 is 18.8 Å². The maximum atomic E-state index is 8.00. The molecule has 0 atom stereocenters. The summed E-state index contributed by atoms with van der Waals surface area (Å²) < 4.78 is 0. The summed E-state index contributed by atoms with van der Waals surface area (Å²) in [6, 6.07) is 0. The second-order valence-electron chi connectivity index (χ2n) is 0.298. The van der Waals surface area contributed by atoms with Gasteiger partial charge in [-0.15, -0.1) is 0 Å². The van der Waals surface area contributed by atoms with Gasteiger partial charge in [0, 0.05) is 0 Å². The third-order valence-corrected chi connectivity index (χ3v) is 0. The van der Waals surface area contributed by atoms with Gasteiger partial charge in [-0.05, 0) is 0 Å². The summed E-state index contributed by atoms with van der Waals surface area (Å²) >= 11 is 0. The quantitative estimate of drug-likeness (QED) is 0.302. The molecule has 96 valence electrons. The molecule has 0 aromatic carbocycles. The Kier molecular flexibility index (Phi) is 7340. The first-order valence-electron chi connectivity index (χ1n) is 1.46. The summed E-state index contributed by atoms with van der Waals surface area (Å²) in [5.74, 6) is 0. The van der Waals surface area contributed by atoms with E-state index >= 15 is 0 Å². The van der Waals surface area contributed by atoms with Crippen LogP contribution in [0.25, 0.3) is 0 Å². The van der Waals surface area contributed by atoms with Crippen LogP contribution in [0.4, 0.5) is 0 Å². The van der Waals surface area contributed by atoms with E-state index in [1.54, 1.807) is 0 Å². The van der Waals surface area contributed by atoms with Gasteiger partial charge in [-0.25, -0.2) is 0 Å². The van der Waals surface area contributed by atoms with Gasteiger partial charge in [0.1, 0.15) is 0 Å². The molecule has 0 aliphatic heterocycles. The Morgan fingerprint density at radius 1 is 0.312 bits per heavy atom. The molecule has 0 aliphatic rings. The number of nitroso groups, excluding NO2 is 8. The maximum Gasteiger partial charge on any atom is 0.569 e. The average Bonchev–Trinajstić information content (AvgIpc) is 1.92. The van der Waals surface area contributed by atoms with Gasteiger partial charge in [-0.1, -0.05) is 0 Å². The van der Waals surface area contributed by atoms with Gasteiger partial charge in [0.25, 0.3) is 0 Å². The Morgan fingerprint density at radius 3 is 0.312 bits per heavy atom. The molecule has 0 saturated carbocycles. The van der Waals surface area contributed by atoms with E-state index in [-0.39, 0.29) is 18.8 Å². The van der Waals surface area contributed by atoms with E-state index < -0.39 is 0 Å². The van der Waals surface area contributed by atoms with Crippen LogP contribution in [0.3, 0.4) is 0 Å². The van der Waals surface area contributed by atoms with E-state index in [1.165, 1.54) is 0 Å². The van der Waals surface area contributed by atoms with Gasteiger partial charge in [-0.2, -0.15) is 0 Å². The second-order valence-corrected chi connectivity index (χ2v) is 0.298. The third kappa shape index (κ3) is 118. The number of nitrogens with zero attached hydrogens (tertiary/aromatic N) is 4. The average molecular weight is 260 g/mol. The highest BCUT2D eigenvalue weighted by Gasteiger charge is 1.42. The van der Waals surface area contributed by atoms with Gasteiger partial charge in [-0.3, -0.25) is 0 Å². The molecule has 0 aromatic heterocycles. The SMILES string of the molecule is O=[N+]=O.O=[N+]=O.O=[N+]=O.O=[N+]=O.[F-].[F-].[F-].[F-]. The van der Waals surface area contributed by atoms with Gasteiger partial charge in [0.05, 0.1) is 0 Å². The van der Waals surface area contributed by atoms with Crippen LogP contribution < -0.4 is 39.0 Å². The molecular formula is F4N4O8. The van der Waals surface area contributed by atoms with Crippen molar-refractivity contribution in [1.82, 2.24) is 20.1 Å². The van der Waals surface area contributed by atoms with Crippen LogP contribution in [0.5, 0.6) is 0 Å². The largest absolute Gasteiger partial charge is 1.00 e. The summed E-state index contributed by atoms with van der Waals surface area (Å²) in [5, 5.41) is 4.00. The minimum Gasteiger partial charge on any atom is -1.00 e. The first-order chi connectivity index (χ1) is 5.66. The topological polar surface area (TPSA) is 193 Å². The van der Waals surface area contributed by atoms with Crippen LogP contribution in [-0.4, -0.2) is 0 Å². The Labute approximate surface area is 79.7 Å².